The Bertz CT molecular complexity index is 864. The molecule has 0 aliphatic carbocycles. The summed E-state index contributed by atoms with van der Waals surface area (Å²) in [5.41, 5.74) is -2.09. The molecule has 0 saturated carbocycles. The van der Waals surface area contributed by atoms with Crippen molar-refractivity contribution in [1.82, 2.24) is 0 Å². The topological polar surface area (TPSA) is 114 Å². The second-order valence-electron chi connectivity index (χ2n) is 12.6. The maximum absolute atomic E-state index is 12.0. The maximum Gasteiger partial charge on any atom is 0.312 e. The highest BCUT2D eigenvalue weighted by Crippen LogP contribution is 2.42. The van der Waals surface area contributed by atoms with E-state index in [0.29, 0.717) is 13.0 Å². The molecule has 38 heavy (non-hydrogen) atoms. The molecule has 0 aromatic rings. The number of ether oxygens (including phenoxy) is 5. The maximum atomic E-state index is 12.0. The third-order valence-electron chi connectivity index (χ3n) is 8.11. The fourth-order valence-electron chi connectivity index (χ4n) is 4.40. The lowest BCUT2D eigenvalue weighted by atomic mass is 9.81. The molecule has 4 unspecified atom stereocenters. The molecule has 0 bridgehead atoms. The molecule has 3 heterocycles. The Morgan fingerprint density at radius 2 is 1.53 bits per heavy atom. The Balaban J connectivity index is 0.000000307. The zero-order valence-electron chi connectivity index (χ0n) is 25.4. The molecule has 0 radical (unpaired) electrons. The lowest BCUT2D eigenvalue weighted by Gasteiger charge is -2.30. The Kier molecular flexibility index (Phi) is 11.4. The van der Waals surface area contributed by atoms with E-state index < -0.39 is 17.1 Å². The summed E-state index contributed by atoms with van der Waals surface area (Å²) in [6.45, 7) is 20.0. The van der Waals surface area contributed by atoms with Crippen molar-refractivity contribution in [2.75, 3.05) is 20.3 Å². The Morgan fingerprint density at radius 3 is 1.87 bits per heavy atom. The minimum absolute atomic E-state index is 0.0231. The average molecular weight is 543 g/mol. The molecule has 0 aromatic heterocycles. The number of methoxy groups -OCH3 is 1. The van der Waals surface area contributed by atoms with Crippen LogP contribution in [-0.4, -0.2) is 61.5 Å². The normalized spacial score (nSPS) is 31.8. The van der Waals surface area contributed by atoms with E-state index in [2.05, 4.69) is 0 Å². The molecule has 0 aromatic carbocycles. The summed E-state index contributed by atoms with van der Waals surface area (Å²) >= 11 is 0. The number of esters is 4. The summed E-state index contributed by atoms with van der Waals surface area (Å²) in [5.74, 6) is -0.729. The molecule has 3 saturated heterocycles. The molecule has 9 nitrogen and oxygen atoms in total. The van der Waals surface area contributed by atoms with Crippen LogP contribution in [0.25, 0.3) is 0 Å². The Morgan fingerprint density at radius 1 is 0.947 bits per heavy atom. The molecule has 3 rings (SSSR count). The van der Waals surface area contributed by atoms with E-state index in [9.17, 15) is 19.2 Å². The lowest BCUT2D eigenvalue weighted by molar-refractivity contribution is -0.175. The first-order chi connectivity index (χ1) is 17.3. The van der Waals surface area contributed by atoms with Gasteiger partial charge in [0.2, 0.25) is 0 Å². The van der Waals surface area contributed by atoms with Crippen LogP contribution >= 0.6 is 0 Å². The van der Waals surface area contributed by atoms with Crippen LogP contribution in [0.5, 0.6) is 0 Å². The predicted octanol–water partition coefficient (Wildman–Crippen LogP) is 5.16. The van der Waals surface area contributed by atoms with Gasteiger partial charge in [0, 0.05) is 13.5 Å². The number of carbonyl (C=O) groups excluding carboxylic acids is 4. The van der Waals surface area contributed by atoms with Gasteiger partial charge in [-0.25, -0.2) is 0 Å². The first-order valence-electron chi connectivity index (χ1n) is 13.7. The zero-order chi connectivity index (χ0) is 29.6. The molecule has 220 valence electrons. The molecule has 4 atom stereocenters. The number of hydrogen-bond acceptors (Lipinski definition) is 9. The Labute approximate surface area is 228 Å². The van der Waals surface area contributed by atoms with Crippen LogP contribution in [0.15, 0.2) is 0 Å². The van der Waals surface area contributed by atoms with Crippen LogP contribution in [0.1, 0.15) is 108 Å². The highest BCUT2D eigenvalue weighted by molar-refractivity contribution is 5.79. The van der Waals surface area contributed by atoms with Gasteiger partial charge in [0.25, 0.3) is 0 Å². The number of cyclic esters (lactones) is 3. The summed E-state index contributed by atoms with van der Waals surface area (Å²) < 4.78 is 25.7. The van der Waals surface area contributed by atoms with Crippen LogP contribution in [-0.2, 0) is 42.9 Å². The molecule has 0 amide bonds. The minimum Gasteiger partial charge on any atom is -0.465 e. The van der Waals surface area contributed by atoms with Gasteiger partial charge < -0.3 is 23.7 Å². The molecule has 3 aliphatic rings. The zero-order valence-corrected chi connectivity index (χ0v) is 25.4. The molecule has 3 fully saturated rings. The molecule has 0 spiro atoms. The van der Waals surface area contributed by atoms with E-state index in [-0.39, 0.29) is 53.3 Å². The first kappa shape index (κ1) is 33.9. The minimum atomic E-state index is -0.884. The summed E-state index contributed by atoms with van der Waals surface area (Å²) in [7, 11) is 1.52. The van der Waals surface area contributed by atoms with Gasteiger partial charge in [-0.2, -0.15) is 0 Å². The van der Waals surface area contributed by atoms with Crippen LogP contribution in [0.3, 0.4) is 0 Å². The fourth-order valence-corrected chi connectivity index (χ4v) is 4.40. The monoisotopic (exact) mass is 542 g/mol. The standard InChI is InChI=1S/C13H22O5.C9H16O2.C7H12O2/c1-6-12(2,3)11(15)17-9-7-10(14)18-13(9,4)8-16-5;1-5-9(4)6-8(2,3)11-7(9)10;1-3-7(2)4-5-9-6(7)8/h9H,6-8H2,1-5H3;5-6H2,1-4H3;3-5H2,1-2H3. The number of rotatable bonds is 7. The quantitative estimate of drug-likeness (QED) is 0.318. The molecule has 0 N–H and O–H groups in total. The predicted molar refractivity (Wildman–Crippen MR) is 142 cm³/mol. The SMILES string of the molecule is CCC(C)(C)C(=O)OC1CC(=O)OC1(C)COC.CCC1(C)CC(C)(C)OC1=O.CCC1(C)CCOC1=O. The van der Waals surface area contributed by atoms with E-state index in [1.807, 2.05) is 62.3 Å². The van der Waals surface area contributed by atoms with Crippen molar-refractivity contribution in [2.45, 2.75) is 125 Å². The molecule has 9 heteroatoms. The van der Waals surface area contributed by atoms with Crippen molar-refractivity contribution < 1.29 is 42.9 Å². The van der Waals surface area contributed by atoms with Gasteiger partial charge in [-0.3, -0.25) is 19.2 Å². The third kappa shape index (κ3) is 8.42. The lowest BCUT2D eigenvalue weighted by Crippen LogP contribution is -2.44. The molecular formula is C29H50O9. The van der Waals surface area contributed by atoms with Crippen LogP contribution in [0.2, 0.25) is 0 Å². The second-order valence-corrected chi connectivity index (χ2v) is 12.6. The fraction of sp³-hybridized carbons (Fsp3) is 0.862. The average Bonchev–Trinajstić information content (AvgIpc) is 3.38. The van der Waals surface area contributed by atoms with Crippen molar-refractivity contribution >= 4 is 23.9 Å². The van der Waals surface area contributed by atoms with Crippen molar-refractivity contribution in [3.05, 3.63) is 0 Å². The van der Waals surface area contributed by atoms with Crippen LogP contribution in [0.4, 0.5) is 0 Å². The highest BCUT2D eigenvalue weighted by Gasteiger charge is 2.50. The van der Waals surface area contributed by atoms with Gasteiger partial charge in [-0.1, -0.05) is 20.8 Å². The van der Waals surface area contributed by atoms with Crippen LogP contribution in [0, 0.1) is 16.2 Å². The molecular weight excluding hydrogens is 492 g/mol. The first-order valence-corrected chi connectivity index (χ1v) is 13.7. The van der Waals surface area contributed by atoms with E-state index >= 15 is 0 Å². The van der Waals surface area contributed by atoms with E-state index in [0.717, 1.165) is 25.7 Å². The summed E-state index contributed by atoms with van der Waals surface area (Å²) in [4.78, 5) is 45.6. The summed E-state index contributed by atoms with van der Waals surface area (Å²) in [5, 5.41) is 0. The van der Waals surface area contributed by atoms with Crippen molar-refractivity contribution in [3.63, 3.8) is 0 Å². The number of carbonyl (C=O) groups is 4. The second kappa shape index (κ2) is 12.8. The van der Waals surface area contributed by atoms with Crippen molar-refractivity contribution in [3.8, 4) is 0 Å². The van der Waals surface area contributed by atoms with Gasteiger partial charge in [0.1, 0.15) is 5.60 Å². The summed E-state index contributed by atoms with van der Waals surface area (Å²) in [6.07, 6.45) is 3.68. The summed E-state index contributed by atoms with van der Waals surface area (Å²) in [6, 6.07) is 0. The highest BCUT2D eigenvalue weighted by atomic mass is 16.6. The van der Waals surface area contributed by atoms with Crippen molar-refractivity contribution in [1.29, 1.82) is 0 Å². The van der Waals surface area contributed by atoms with Gasteiger partial charge in [-0.05, 0) is 74.1 Å². The van der Waals surface area contributed by atoms with E-state index in [1.54, 1.807) is 6.92 Å². The molecule has 3 aliphatic heterocycles. The van der Waals surface area contributed by atoms with Gasteiger partial charge in [-0.15, -0.1) is 0 Å². The van der Waals surface area contributed by atoms with Gasteiger partial charge in [0.05, 0.1) is 35.9 Å². The number of hydrogen-bond donors (Lipinski definition) is 0. The third-order valence-corrected chi connectivity index (χ3v) is 8.11. The van der Waals surface area contributed by atoms with Crippen LogP contribution < -0.4 is 0 Å². The largest absolute Gasteiger partial charge is 0.465 e. The van der Waals surface area contributed by atoms with Gasteiger partial charge in [0.15, 0.2) is 11.7 Å². The van der Waals surface area contributed by atoms with E-state index in [1.165, 1.54) is 7.11 Å². The smallest absolute Gasteiger partial charge is 0.312 e. The van der Waals surface area contributed by atoms with Crippen molar-refractivity contribution in [2.24, 2.45) is 16.2 Å². The van der Waals surface area contributed by atoms with E-state index in [4.69, 9.17) is 23.7 Å². The van der Waals surface area contributed by atoms with Gasteiger partial charge >= 0.3 is 23.9 Å². The Hall–Kier alpha value is -2.16.